The minimum absolute atomic E-state index is 0.0935. The third kappa shape index (κ3) is 2.99. The summed E-state index contributed by atoms with van der Waals surface area (Å²) in [5, 5.41) is 2.89. The summed E-state index contributed by atoms with van der Waals surface area (Å²) in [5.41, 5.74) is 3.21. The van der Waals surface area contributed by atoms with Crippen molar-refractivity contribution in [3.63, 3.8) is 0 Å². The molecule has 0 aromatic heterocycles. The highest BCUT2D eigenvalue weighted by atomic mass is 16.2. The lowest BCUT2D eigenvalue weighted by molar-refractivity contribution is 0.230. The third-order valence-electron chi connectivity index (χ3n) is 2.58. The molecule has 0 radical (unpaired) electrons. The Morgan fingerprint density at radius 2 is 1.94 bits per heavy atom. The van der Waals surface area contributed by atoms with Crippen LogP contribution in [0.4, 0.5) is 10.5 Å². The van der Waals surface area contributed by atoms with Gasteiger partial charge in [-0.2, -0.15) is 0 Å². The van der Waals surface area contributed by atoms with Gasteiger partial charge in [-0.05, 0) is 30.0 Å². The van der Waals surface area contributed by atoms with Crippen LogP contribution < -0.4 is 5.32 Å². The van der Waals surface area contributed by atoms with Gasteiger partial charge < -0.3 is 10.2 Å². The summed E-state index contributed by atoms with van der Waals surface area (Å²) in [6, 6.07) is 6.09. The zero-order valence-corrected chi connectivity index (χ0v) is 10.7. The fourth-order valence-electron chi connectivity index (χ4n) is 1.36. The van der Waals surface area contributed by atoms with Gasteiger partial charge in [-0.3, -0.25) is 0 Å². The number of benzene rings is 1. The largest absolute Gasteiger partial charge is 0.331 e. The van der Waals surface area contributed by atoms with Gasteiger partial charge in [0.25, 0.3) is 0 Å². The maximum atomic E-state index is 11.6. The Morgan fingerprint density at radius 3 is 2.44 bits per heavy atom. The smallest absolute Gasteiger partial charge is 0.321 e. The number of rotatable bonds is 2. The van der Waals surface area contributed by atoms with Gasteiger partial charge in [0.05, 0.1) is 0 Å². The molecular weight excluding hydrogens is 200 g/mol. The Balaban J connectivity index is 2.94. The summed E-state index contributed by atoms with van der Waals surface area (Å²) >= 11 is 0. The first-order valence-corrected chi connectivity index (χ1v) is 5.50. The quantitative estimate of drug-likeness (QED) is 0.815. The number of urea groups is 1. The average Bonchev–Trinajstić information content (AvgIpc) is 2.20. The van der Waals surface area contributed by atoms with Crippen molar-refractivity contribution in [3.05, 3.63) is 29.3 Å². The molecule has 88 valence electrons. The lowest BCUT2D eigenvalue weighted by atomic mass is 10.0. The van der Waals surface area contributed by atoms with Gasteiger partial charge >= 0.3 is 6.03 Å². The number of nitrogens with one attached hydrogen (secondary N) is 1. The molecule has 0 spiro atoms. The van der Waals surface area contributed by atoms with Gasteiger partial charge in [0.1, 0.15) is 0 Å². The van der Waals surface area contributed by atoms with E-state index in [0.29, 0.717) is 5.92 Å². The van der Waals surface area contributed by atoms with Gasteiger partial charge in [0.2, 0.25) is 0 Å². The molecule has 0 bridgehead atoms. The normalized spacial score (nSPS) is 10.4. The van der Waals surface area contributed by atoms with E-state index in [0.717, 1.165) is 11.3 Å². The first kappa shape index (κ1) is 12.6. The summed E-state index contributed by atoms with van der Waals surface area (Å²) in [6.07, 6.45) is 0. The molecular formula is C13H20N2O. The zero-order valence-electron chi connectivity index (χ0n) is 10.7. The first-order valence-electron chi connectivity index (χ1n) is 5.50. The summed E-state index contributed by atoms with van der Waals surface area (Å²) in [6.45, 7) is 6.28. The molecule has 2 amide bonds. The molecule has 0 heterocycles. The fraction of sp³-hybridized carbons (Fsp3) is 0.462. The number of hydrogen-bond acceptors (Lipinski definition) is 1. The topological polar surface area (TPSA) is 32.3 Å². The van der Waals surface area contributed by atoms with Crippen LogP contribution in [0.2, 0.25) is 0 Å². The van der Waals surface area contributed by atoms with Crippen molar-refractivity contribution in [1.29, 1.82) is 0 Å². The summed E-state index contributed by atoms with van der Waals surface area (Å²) in [5.74, 6) is 0.468. The van der Waals surface area contributed by atoms with Crippen LogP contribution in [-0.4, -0.2) is 25.0 Å². The van der Waals surface area contributed by atoms with Crippen LogP contribution in [0, 0.1) is 6.92 Å². The zero-order chi connectivity index (χ0) is 12.3. The Morgan fingerprint density at radius 1 is 1.31 bits per heavy atom. The molecule has 1 aromatic carbocycles. The van der Waals surface area contributed by atoms with Gasteiger partial charge in [0, 0.05) is 19.8 Å². The van der Waals surface area contributed by atoms with Crippen LogP contribution in [0.1, 0.15) is 30.9 Å². The van der Waals surface area contributed by atoms with E-state index >= 15 is 0 Å². The van der Waals surface area contributed by atoms with Crippen molar-refractivity contribution in [1.82, 2.24) is 4.90 Å². The lowest BCUT2D eigenvalue weighted by Crippen LogP contribution is -2.27. The van der Waals surface area contributed by atoms with E-state index in [4.69, 9.17) is 0 Å². The Hall–Kier alpha value is -1.51. The van der Waals surface area contributed by atoms with Crippen molar-refractivity contribution >= 4 is 11.7 Å². The van der Waals surface area contributed by atoms with E-state index in [2.05, 4.69) is 25.2 Å². The number of hydrogen-bond donors (Lipinski definition) is 1. The number of anilines is 1. The molecule has 1 N–H and O–H groups in total. The van der Waals surface area contributed by atoms with E-state index in [-0.39, 0.29) is 6.03 Å². The summed E-state index contributed by atoms with van der Waals surface area (Å²) < 4.78 is 0. The van der Waals surface area contributed by atoms with Gasteiger partial charge in [0.15, 0.2) is 0 Å². The number of carbonyl (C=O) groups excluding carboxylic acids is 1. The fourth-order valence-corrected chi connectivity index (χ4v) is 1.36. The molecule has 0 atom stereocenters. The molecule has 3 heteroatoms. The molecule has 1 aromatic rings. The first-order chi connectivity index (χ1) is 7.41. The van der Waals surface area contributed by atoms with Crippen LogP contribution in [0.3, 0.4) is 0 Å². The van der Waals surface area contributed by atoms with Crippen molar-refractivity contribution in [2.45, 2.75) is 26.7 Å². The standard InChI is InChI=1S/C13H20N2O/c1-9(2)11-7-6-10(3)12(8-11)14-13(16)15(4)5/h6-9H,1-5H3,(H,14,16). The van der Waals surface area contributed by atoms with Crippen molar-refractivity contribution in [3.8, 4) is 0 Å². The van der Waals surface area contributed by atoms with Crippen LogP contribution in [0.25, 0.3) is 0 Å². The van der Waals surface area contributed by atoms with Crippen molar-refractivity contribution in [2.24, 2.45) is 0 Å². The van der Waals surface area contributed by atoms with Crippen LogP contribution >= 0.6 is 0 Å². The van der Waals surface area contributed by atoms with E-state index in [1.807, 2.05) is 19.1 Å². The maximum absolute atomic E-state index is 11.6. The van der Waals surface area contributed by atoms with Gasteiger partial charge in [-0.15, -0.1) is 0 Å². The highest BCUT2D eigenvalue weighted by Crippen LogP contribution is 2.22. The van der Waals surface area contributed by atoms with Crippen molar-refractivity contribution in [2.75, 3.05) is 19.4 Å². The van der Waals surface area contributed by atoms with Crippen LogP contribution in [0.15, 0.2) is 18.2 Å². The molecule has 0 saturated heterocycles. The molecule has 1 rings (SSSR count). The third-order valence-corrected chi connectivity index (χ3v) is 2.58. The molecule has 0 aliphatic carbocycles. The van der Waals surface area contributed by atoms with Crippen molar-refractivity contribution < 1.29 is 4.79 Å². The van der Waals surface area contributed by atoms with E-state index in [1.165, 1.54) is 10.5 Å². The SMILES string of the molecule is Cc1ccc(C(C)C)cc1NC(=O)N(C)C. The molecule has 0 unspecified atom stereocenters. The second-order valence-electron chi connectivity index (χ2n) is 4.55. The highest BCUT2D eigenvalue weighted by molar-refractivity contribution is 5.89. The number of amides is 2. The Bertz CT molecular complexity index is 384. The second-order valence-corrected chi connectivity index (χ2v) is 4.55. The molecule has 0 aliphatic heterocycles. The number of nitrogens with zero attached hydrogens (tertiary/aromatic N) is 1. The molecule has 16 heavy (non-hydrogen) atoms. The minimum atomic E-state index is -0.0935. The number of aryl methyl sites for hydroxylation is 1. The maximum Gasteiger partial charge on any atom is 0.321 e. The van der Waals surface area contributed by atoms with Gasteiger partial charge in [-0.25, -0.2) is 4.79 Å². The van der Waals surface area contributed by atoms with Crippen LogP contribution in [0.5, 0.6) is 0 Å². The predicted molar refractivity (Wildman–Crippen MR) is 68.0 cm³/mol. The Kier molecular flexibility index (Phi) is 3.93. The molecule has 0 saturated carbocycles. The summed E-state index contributed by atoms with van der Waals surface area (Å²) in [4.78, 5) is 13.1. The number of carbonyl (C=O) groups is 1. The van der Waals surface area contributed by atoms with E-state index < -0.39 is 0 Å². The molecule has 0 fully saturated rings. The van der Waals surface area contributed by atoms with E-state index in [9.17, 15) is 4.79 Å². The van der Waals surface area contributed by atoms with E-state index in [1.54, 1.807) is 14.1 Å². The molecule has 3 nitrogen and oxygen atoms in total. The highest BCUT2D eigenvalue weighted by Gasteiger charge is 2.08. The summed E-state index contributed by atoms with van der Waals surface area (Å²) in [7, 11) is 3.47. The minimum Gasteiger partial charge on any atom is -0.331 e. The lowest BCUT2D eigenvalue weighted by Gasteiger charge is -2.15. The average molecular weight is 220 g/mol. The van der Waals surface area contributed by atoms with Gasteiger partial charge in [-0.1, -0.05) is 26.0 Å². The monoisotopic (exact) mass is 220 g/mol. The Labute approximate surface area is 97.5 Å². The molecule has 0 aliphatic rings. The predicted octanol–water partition coefficient (Wildman–Crippen LogP) is 3.21. The second kappa shape index (κ2) is 5.01. The van der Waals surface area contributed by atoms with Crippen LogP contribution in [-0.2, 0) is 0 Å².